The first-order valence-corrected chi connectivity index (χ1v) is 6.42. The second kappa shape index (κ2) is 6.18. The van der Waals surface area contributed by atoms with Crippen LogP contribution in [0.15, 0.2) is 24.3 Å². The Morgan fingerprint density at radius 1 is 1.35 bits per heavy atom. The molecular formula is C15H25NO. The van der Waals surface area contributed by atoms with Gasteiger partial charge in [-0.15, -0.1) is 0 Å². The standard InChI is InChI=1S/C15H25NO/c1-5-15(4,11-17)10-16-13(3)14-9-7-6-8-12(14)2/h6-9,13,16-17H,5,10-11H2,1-4H3. The SMILES string of the molecule is CCC(C)(CO)CNC(C)c1ccccc1C. The summed E-state index contributed by atoms with van der Waals surface area (Å²) in [6, 6.07) is 8.77. The maximum Gasteiger partial charge on any atom is 0.0496 e. The zero-order chi connectivity index (χ0) is 12.9. The highest BCUT2D eigenvalue weighted by Gasteiger charge is 2.21. The first-order valence-electron chi connectivity index (χ1n) is 6.42. The highest BCUT2D eigenvalue weighted by atomic mass is 16.3. The second-order valence-corrected chi connectivity index (χ2v) is 5.28. The van der Waals surface area contributed by atoms with Gasteiger partial charge in [-0.1, -0.05) is 38.1 Å². The van der Waals surface area contributed by atoms with Gasteiger partial charge in [0.25, 0.3) is 0 Å². The lowest BCUT2D eigenvalue weighted by atomic mass is 9.88. The van der Waals surface area contributed by atoms with E-state index in [1.54, 1.807) is 0 Å². The molecule has 0 amide bonds. The van der Waals surface area contributed by atoms with Gasteiger partial charge in [-0.2, -0.15) is 0 Å². The van der Waals surface area contributed by atoms with Gasteiger partial charge in [0.1, 0.15) is 0 Å². The van der Waals surface area contributed by atoms with Gasteiger partial charge in [0, 0.05) is 24.6 Å². The molecule has 0 aliphatic carbocycles. The van der Waals surface area contributed by atoms with E-state index in [1.165, 1.54) is 11.1 Å². The molecule has 2 unspecified atom stereocenters. The topological polar surface area (TPSA) is 32.3 Å². The van der Waals surface area contributed by atoms with Crippen molar-refractivity contribution < 1.29 is 5.11 Å². The maximum atomic E-state index is 9.38. The molecule has 0 saturated carbocycles. The second-order valence-electron chi connectivity index (χ2n) is 5.28. The van der Waals surface area contributed by atoms with Crippen LogP contribution in [0.2, 0.25) is 0 Å². The van der Waals surface area contributed by atoms with Crippen molar-refractivity contribution in [3.05, 3.63) is 35.4 Å². The maximum absolute atomic E-state index is 9.38. The van der Waals surface area contributed by atoms with E-state index in [-0.39, 0.29) is 12.0 Å². The summed E-state index contributed by atoms with van der Waals surface area (Å²) in [6.07, 6.45) is 0.983. The average Bonchev–Trinajstić information content (AvgIpc) is 2.36. The first kappa shape index (κ1) is 14.2. The van der Waals surface area contributed by atoms with Crippen LogP contribution in [0.3, 0.4) is 0 Å². The van der Waals surface area contributed by atoms with E-state index in [9.17, 15) is 5.11 Å². The van der Waals surface area contributed by atoms with Crippen molar-refractivity contribution in [3.8, 4) is 0 Å². The molecule has 0 aliphatic rings. The number of hydrogen-bond donors (Lipinski definition) is 2. The third-order valence-electron chi connectivity index (χ3n) is 3.73. The quantitative estimate of drug-likeness (QED) is 0.794. The molecule has 0 aliphatic heterocycles. The Morgan fingerprint density at radius 2 is 2.00 bits per heavy atom. The number of aliphatic hydroxyl groups excluding tert-OH is 1. The Kier molecular flexibility index (Phi) is 5.16. The van der Waals surface area contributed by atoms with E-state index in [1.807, 2.05) is 0 Å². The van der Waals surface area contributed by atoms with E-state index in [0.717, 1.165) is 13.0 Å². The smallest absolute Gasteiger partial charge is 0.0496 e. The van der Waals surface area contributed by atoms with Crippen molar-refractivity contribution in [3.63, 3.8) is 0 Å². The zero-order valence-corrected chi connectivity index (χ0v) is 11.5. The third-order valence-corrected chi connectivity index (χ3v) is 3.73. The average molecular weight is 235 g/mol. The van der Waals surface area contributed by atoms with Gasteiger partial charge in [0.2, 0.25) is 0 Å². The summed E-state index contributed by atoms with van der Waals surface area (Å²) in [5.41, 5.74) is 2.63. The molecule has 2 nitrogen and oxygen atoms in total. The number of nitrogens with one attached hydrogen (secondary N) is 1. The lowest BCUT2D eigenvalue weighted by Gasteiger charge is -2.28. The van der Waals surface area contributed by atoms with Gasteiger partial charge >= 0.3 is 0 Å². The summed E-state index contributed by atoms with van der Waals surface area (Å²) in [5, 5.41) is 12.9. The van der Waals surface area contributed by atoms with Gasteiger partial charge in [0.05, 0.1) is 0 Å². The monoisotopic (exact) mass is 235 g/mol. The molecule has 0 bridgehead atoms. The van der Waals surface area contributed by atoms with Crippen molar-refractivity contribution in [2.24, 2.45) is 5.41 Å². The van der Waals surface area contributed by atoms with Crippen LogP contribution < -0.4 is 5.32 Å². The first-order chi connectivity index (χ1) is 8.02. The van der Waals surface area contributed by atoms with E-state index in [4.69, 9.17) is 0 Å². The number of aliphatic hydroxyl groups is 1. The molecule has 0 spiro atoms. The highest BCUT2D eigenvalue weighted by molar-refractivity contribution is 5.28. The van der Waals surface area contributed by atoms with E-state index in [0.29, 0.717) is 6.04 Å². The minimum atomic E-state index is -0.0169. The summed E-state index contributed by atoms with van der Waals surface area (Å²) in [4.78, 5) is 0. The van der Waals surface area contributed by atoms with E-state index in [2.05, 4.69) is 57.3 Å². The molecule has 96 valence electrons. The van der Waals surface area contributed by atoms with Crippen molar-refractivity contribution in [1.82, 2.24) is 5.32 Å². The Labute approximate surface area is 105 Å². The molecule has 2 heteroatoms. The van der Waals surface area contributed by atoms with Crippen LogP contribution in [0.1, 0.15) is 44.4 Å². The molecule has 17 heavy (non-hydrogen) atoms. The van der Waals surface area contributed by atoms with Crippen LogP contribution in [-0.4, -0.2) is 18.3 Å². The van der Waals surface area contributed by atoms with Crippen LogP contribution >= 0.6 is 0 Å². The summed E-state index contributed by atoms with van der Waals surface area (Å²) in [7, 11) is 0. The lowest BCUT2D eigenvalue weighted by molar-refractivity contribution is 0.132. The fraction of sp³-hybridized carbons (Fsp3) is 0.600. The van der Waals surface area contributed by atoms with Crippen LogP contribution in [-0.2, 0) is 0 Å². The Hall–Kier alpha value is -0.860. The summed E-state index contributed by atoms with van der Waals surface area (Å²) in [5.74, 6) is 0. The summed E-state index contributed by atoms with van der Waals surface area (Å²) < 4.78 is 0. The lowest BCUT2D eigenvalue weighted by Crippen LogP contribution is -2.35. The van der Waals surface area contributed by atoms with E-state index < -0.39 is 0 Å². The molecule has 0 heterocycles. The molecule has 0 radical (unpaired) electrons. The van der Waals surface area contributed by atoms with Crippen LogP contribution in [0.25, 0.3) is 0 Å². The minimum Gasteiger partial charge on any atom is -0.396 e. The molecule has 0 aromatic heterocycles. The minimum absolute atomic E-state index is 0.0169. The van der Waals surface area contributed by atoms with Crippen LogP contribution in [0.4, 0.5) is 0 Å². The fourth-order valence-corrected chi connectivity index (χ4v) is 1.87. The largest absolute Gasteiger partial charge is 0.396 e. The molecule has 0 fully saturated rings. The number of rotatable bonds is 6. The van der Waals surface area contributed by atoms with Gasteiger partial charge < -0.3 is 10.4 Å². The molecule has 2 N–H and O–H groups in total. The van der Waals surface area contributed by atoms with Gasteiger partial charge in [0.15, 0.2) is 0 Å². The van der Waals surface area contributed by atoms with Crippen LogP contribution in [0.5, 0.6) is 0 Å². The van der Waals surface area contributed by atoms with Gasteiger partial charge in [-0.25, -0.2) is 0 Å². The number of benzene rings is 1. The van der Waals surface area contributed by atoms with Crippen LogP contribution in [0, 0.1) is 12.3 Å². The molecular weight excluding hydrogens is 210 g/mol. The normalized spacial score (nSPS) is 16.5. The van der Waals surface area contributed by atoms with Gasteiger partial charge in [-0.3, -0.25) is 0 Å². The highest BCUT2D eigenvalue weighted by Crippen LogP contribution is 2.22. The molecule has 1 aromatic rings. The third kappa shape index (κ3) is 3.83. The van der Waals surface area contributed by atoms with Crippen molar-refractivity contribution in [1.29, 1.82) is 0 Å². The summed E-state index contributed by atoms with van der Waals surface area (Å²) in [6.45, 7) is 9.63. The van der Waals surface area contributed by atoms with Crippen molar-refractivity contribution in [2.45, 2.75) is 40.2 Å². The zero-order valence-electron chi connectivity index (χ0n) is 11.5. The number of aryl methyl sites for hydroxylation is 1. The predicted octanol–water partition coefficient (Wildman–Crippen LogP) is 3.05. The number of hydrogen-bond acceptors (Lipinski definition) is 2. The van der Waals surface area contributed by atoms with Crippen molar-refractivity contribution in [2.75, 3.05) is 13.2 Å². The molecule has 1 aromatic carbocycles. The Bertz CT molecular complexity index is 345. The predicted molar refractivity (Wildman–Crippen MR) is 73.1 cm³/mol. The molecule has 1 rings (SSSR count). The fourth-order valence-electron chi connectivity index (χ4n) is 1.87. The molecule has 0 saturated heterocycles. The Balaban J connectivity index is 2.62. The Morgan fingerprint density at radius 3 is 2.53 bits per heavy atom. The summed E-state index contributed by atoms with van der Waals surface area (Å²) >= 11 is 0. The van der Waals surface area contributed by atoms with Gasteiger partial charge in [-0.05, 0) is 31.4 Å². The van der Waals surface area contributed by atoms with Crippen molar-refractivity contribution >= 4 is 0 Å². The van der Waals surface area contributed by atoms with E-state index >= 15 is 0 Å². The molecule has 2 atom stereocenters.